The first-order valence-corrected chi connectivity index (χ1v) is 15.9. The van der Waals surface area contributed by atoms with Gasteiger partial charge in [-0.1, -0.05) is 17.7 Å². The number of hydrogen-bond acceptors (Lipinski definition) is 10. The lowest BCUT2D eigenvalue weighted by Gasteiger charge is -2.51. The maximum atomic E-state index is 14.9. The maximum absolute atomic E-state index is 14.9. The minimum Gasteiger partial charge on any atom is -0.493 e. The molecule has 1 unspecified atom stereocenters. The van der Waals surface area contributed by atoms with Crippen LogP contribution in [-0.4, -0.2) is 122 Å². The van der Waals surface area contributed by atoms with Gasteiger partial charge in [0.1, 0.15) is 23.8 Å². The van der Waals surface area contributed by atoms with Gasteiger partial charge in [0.05, 0.1) is 43.2 Å². The van der Waals surface area contributed by atoms with Gasteiger partial charge in [-0.15, -0.1) is 0 Å². The lowest BCUT2D eigenvalue weighted by atomic mass is 9.83. The third kappa shape index (κ3) is 7.78. The van der Waals surface area contributed by atoms with Crippen LogP contribution < -0.4 is 9.64 Å². The summed E-state index contributed by atoms with van der Waals surface area (Å²) in [7, 11) is 0. The van der Waals surface area contributed by atoms with E-state index < -0.39 is 30.7 Å². The molecule has 0 radical (unpaired) electrons. The summed E-state index contributed by atoms with van der Waals surface area (Å²) in [4.78, 5) is 27.6. The summed E-state index contributed by atoms with van der Waals surface area (Å²) in [5, 5.41) is 39.5. The molecule has 3 aliphatic heterocycles. The van der Waals surface area contributed by atoms with Gasteiger partial charge in [0.2, 0.25) is 11.9 Å². The lowest BCUT2D eigenvalue weighted by Crippen LogP contribution is -2.64. The van der Waals surface area contributed by atoms with Crippen LogP contribution in [0.3, 0.4) is 0 Å². The molecule has 4 N–H and O–H groups in total. The number of carbonyl (C=O) groups is 1. The quantitative estimate of drug-likeness (QED) is 0.240. The van der Waals surface area contributed by atoms with E-state index in [2.05, 4.69) is 14.9 Å². The van der Waals surface area contributed by atoms with Crippen LogP contribution in [0.2, 0.25) is 5.02 Å². The van der Waals surface area contributed by atoms with Crippen LogP contribution in [0.25, 0.3) is 0 Å². The molecule has 1 aromatic heterocycles. The van der Waals surface area contributed by atoms with Gasteiger partial charge < -0.3 is 35.0 Å². The summed E-state index contributed by atoms with van der Waals surface area (Å²) in [5.41, 5.74) is 0.0283. The Morgan fingerprint density at radius 1 is 1.09 bits per heavy atom. The van der Waals surface area contributed by atoms with Gasteiger partial charge in [0, 0.05) is 50.9 Å². The molecule has 44 heavy (non-hydrogen) atoms. The summed E-state index contributed by atoms with van der Waals surface area (Å²) in [6, 6.07) is 4.67. The molecule has 1 spiro atoms. The SMILES string of the molecule is O=C(Cc1ccc(OCCCC2CCN(c3ncc(Cl)cn3)CC2)cc1F)N1CCC2(CCN2C[C@H](O)[C@H](O)[C@H](O)CO)C1. The Bertz CT molecular complexity index is 1250. The first-order valence-electron chi connectivity index (χ1n) is 15.5. The topological polar surface area (TPSA) is 143 Å². The van der Waals surface area contributed by atoms with Crippen molar-refractivity contribution < 1.29 is 34.3 Å². The molecule has 0 bridgehead atoms. The largest absolute Gasteiger partial charge is 0.493 e. The van der Waals surface area contributed by atoms with Gasteiger partial charge in [-0.3, -0.25) is 9.69 Å². The molecule has 0 saturated carbocycles. The highest BCUT2D eigenvalue weighted by Crippen LogP contribution is 2.39. The first kappa shape index (κ1) is 32.8. The number of likely N-dealkylation sites (tertiary alicyclic amines) is 2. The van der Waals surface area contributed by atoms with Crippen molar-refractivity contribution in [2.75, 3.05) is 57.4 Å². The second kappa shape index (κ2) is 14.7. The number of β-amino-alcohol motifs (C(OH)–C–C–N with tert-alkyl or cyclic N) is 1. The number of benzene rings is 1. The normalized spacial score (nSPS) is 23.0. The number of aliphatic hydroxyl groups excluding tert-OH is 4. The van der Waals surface area contributed by atoms with E-state index >= 15 is 0 Å². The Morgan fingerprint density at radius 2 is 1.82 bits per heavy atom. The number of anilines is 1. The highest BCUT2D eigenvalue weighted by molar-refractivity contribution is 6.30. The van der Waals surface area contributed by atoms with Crippen molar-refractivity contribution in [1.29, 1.82) is 0 Å². The molecule has 1 amide bonds. The average molecular weight is 636 g/mol. The van der Waals surface area contributed by atoms with E-state index in [0.717, 1.165) is 51.6 Å². The standard InChI is InChI=1S/C31H43ClFN5O6/c32-23-16-34-30(35-17-23)36-9-5-21(6-10-36)2-1-13-44-24-4-3-22(25(33)15-24)14-28(42)37-11-7-31(20-37)8-12-38(31)18-26(40)29(43)27(41)19-39/h3-4,15-17,21,26-27,29,39-41,43H,1-2,5-14,18-20H2/t26-,27+,29-,31?/m0/s1. The van der Waals surface area contributed by atoms with Crippen LogP contribution in [0.4, 0.5) is 10.3 Å². The number of rotatable bonds is 13. The minimum absolute atomic E-state index is 0.0496. The van der Waals surface area contributed by atoms with Crippen LogP contribution >= 0.6 is 11.6 Å². The maximum Gasteiger partial charge on any atom is 0.227 e. The number of carbonyl (C=O) groups excluding carboxylic acids is 1. The fourth-order valence-electron chi connectivity index (χ4n) is 6.59. The van der Waals surface area contributed by atoms with E-state index in [4.69, 9.17) is 21.4 Å². The zero-order chi connectivity index (χ0) is 31.3. The number of aromatic nitrogens is 2. The highest BCUT2D eigenvalue weighted by atomic mass is 35.5. The molecule has 3 fully saturated rings. The Hall–Kier alpha value is -2.61. The summed E-state index contributed by atoms with van der Waals surface area (Å²) < 4.78 is 20.7. The van der Waals surface area contributed by atoms with Crippen molar-refractivity contribution >= 4 is 23.5 Å². The van der Waals surface area contributed by atoms with Gasteiger partial charge in [0.15, 0.2) is 0 Å². The number of amides is 1. The van der Waals surface area contributed by atoms with Gasteiger partial charge in [-0.05, 0) is 56.1 Å². The number of halogens is 2. The Morgan fingerprint density at radius 3 is 2.48 bits per heavy atom. The van der Waals surface area contributed by atoms with Gasteiger partial charge in [0.25, 0.3) is 0 Å². The molecule has 5 rings (SSSR count). The Labute approximate surface area is 262 Å². The predicted octanol–water partition coefficient (Wildman–Crippen LogP) is 1.64. The van der Waals surface area contributed by atoms with Crippen molar-refractivity contribution in [3.63, 3.8) is 0 Å². The lowest BCUT2D eigenvalue weighted by molar-refractivity contribution is -0.131. The van der Waals surface area contributed by atoms with Crippen molar-refractivity contribution in [1.82, 2.24) is 19.8 Å². The number of piperidine rings is 1. The fourth-order valence-corrected chi connectivity index (χ4v) is 6.69. The fraction of sp³-hybridized carbons (Fsp3) is 0.645. The summed E-state index contributed by atoms with van der Waals surface area (Å²) in [5.74, 6) is 1.13. The summed E-state index contributed by atoms with van der Waals surface area (Å²) in [6.07, 6.45) is 4.67. The van der Waals surface area contributed by atoms with E-state index in [9.17, 15) is 24.5 Å². The van der Waals surface area contributed by atoms with Crippen molar-refractivity contribution in [3.05, 3.63) is 47.0 Å². The Kier molecular flexibility index (Phi) is 10.9. The average Bonchev–Trinajstić information content (AvgIpc) is 3.51. The molecule has 0 aliphatic carbocycles. The van der Waals surface area contributed by atoms with Crippen molar-refractivity contribution in [2.45, 2.75) is 68.8 Å². The smallest absolute Gasteiger partial charge is 0.227 e. The summed E-state index contributed by atoms with van der Waals surface area (Å²) >= 11 is 5.88. The van der Waals surface area contributed by atoms with Crippen LogP contribution in [0.1, 0.15) is 44.1 Å². The molecule has 242 valence electrons. The van der Waals surface area contributed by atoms with Gasteiger partial charge in [-0.25, -0.2) is 14.4 Å². The molecular weight excluding hydrogens is 593 g/mol. The van der Waals surface area contributed by atoms with Crippen molar-refractivity contribution in [3.8, 4) is 5.75 Å². The first-order chi connectivity index (χ1) is 21.2. The van der Waals surface area contributed by atoms with Crippen LogP contribution in [0.15, 0.2) is 30.6 Å². The second-order valence-electron chi connectivity index (χ2n) is 12.3. The number of ether oxygens (including phenoxy) is 1. The molecule has 11 nitrogen and oxygen atoms in total. The second-order valence-corrected chi connectivity index (χ2v) is 12.8. The van der Waals surface area contributed by atoms with Crippen LogP contribution in [0.5, 0.6) is 5.75 Å². The van der Waals surface area contributed by atoms with Crippen molar-refractivity contribution in [2.24, 2.45) is 5.92 Å². The molecule has 13 heteroatoms. The zero-order valence-corrected chi connectivity index (χ0v) is 25.7. The zero-order valence-electron chi connectivity index (χ0n) is 24.9. The van der Waals surface area contributed by atoms with Crippen LogP contribution in [0, 0.1) is 11.7 Å². The number of nitrogens with zero attached hydrogens (tertiary/aromatic N) is 5. The third-order valence-electron chi connectivity index (χ3n) is 9.48. The van der Waals surface area contributed by atoms with Crippen LogP contribution in [-0.2, 0) is 11.2 Å². The van der Waals surface area contributed by atoms with E-state index in [0.29, 0.717) is 54.4 Å². The molecule has 3 aliphatic rings. The van der Waals surface area contributed by atoms with Gasteiger partial charge >= 0.3 is 0 Å². The Balaban J connectivity index is 1.02. The molecule has 4 heterocycles. The van der Waals surface area contributed by atoms with E-state index in [1.165, 1.54) is 6.07 Å². The molecule has 4 atom stereocenters. The number of hydrogen-bond donors (Lipinski definition) is 4. The van der Waals surface area contributed by atoms with E-state index in [1.807, 2.05) is 4.90 Å². The molecular formula is C31H43ClFN5O6. The van der Waals surface area contributed by atoms with E-state index in [-0.39, 0.29) is 24.4 Å². The highest BCUT2D eigenvalue weighted by Gasteiger charge is 2.50. The summed E-state index contributed by atoms with van der Waals surface area (Å²) in [6.45, 7) is 3.50. The minimum atomic E-state index is -1.45. The monoisotopic (exact) mass is 635 g/mol. The van der Waals surface area contributed by atoms with E-state index in [1.54, 1.807) is 29.4 Å². The number of aliphatic hydroxyl groups is 4. The van der Waals surface area contributed by atoms with Gasteiger partial charge in [-0.2, -0.15) is 0 Å². The molecule has 3 saturated heterocycles. The molecule has 1 aromatic carbocycles. The predicted molar refractivity (Wildman–Crippen MR) is 162 cm³/mol. The molecule has 2 aromatic rings. The third-order valence-corrected chi connectivity index (χ3v) is 9.68.